The van der Waals surface area contributed by atoms with Crippen molar-refractivity contribution in [1.29, 1.82) is 0 Å². The Morgan fingerprint density at radius 1 is 0.773 bits per heavy atom. The second-order valence-electron chi connectivity index (χ2n) is 17.3. The lowest BCUT2D eigenvalue weighted by molar-refractivity contribution is -0.144. The molecule has 4 aromatic rings. The first-order valence-corrected chi connectivity index (χ1v) is 22.1. The van der Waals surface area contributed by atoms with Crippen LogP contribution in [0.25, 0.3) is 0 Å². The summed E-state index contributed by atoms with van der Waals surface area (Å²) in [5.74, 6) is -2.29. The molecule has 0 saturated carbocycles. The van der Waals surface area contributed by atoms with E-state index in [1.54, 1.807) is 139 Å². The molecule has 0 radical (unpaired) electrons. The Balaban J connectivity index is 1.81. The summed E-state index contributed by atoms with van der Waals surface area (Å²) in [6.07, 6.45) is -0.525. The monoisotopic (exact) mass is 923 g/mol. The lowest BCUT2D eigenvalue weighted by Gasteiger charge is -2.47. The average Bonchev–Trinajstić information content (AvgIpc) is 3.26. The van der Waals surface area contributed by atoms with Gasteiger partial charge in [0.05, 0.1) is 6.04 Å². The van der Waals surface area contributed by atoms with Crippen molar-refractivity contribution < 1.29 is 47.7 Å². The van der Waals surface area contributed by atoms with Gasteiger partial charge in [0.25, 0.3) is 0 Å². The number of ether oxygens (including phenoxy) is 4. The van der Waals surface area contributed by atoms with Gasteiger partial charge >= 0.3 is 24.2 Å². The molecule has 352 valence electrons. The second kappa shape index (κ2) is 23.5. The fourth-order valence-corrected chi connectivity index (χ4v) is 7.52. The van der Waals surface area contributed by atoms with E-state index in [0.29, 0.717) is 28.7 Å². The maximum absolute atomic E-state index is 15.2. The summed E-state index contributed by atoms with van der Waals surface area (Å²) in [6.45, 7) is 14.0. The molecule has 0 bridgehead atoms. The fraction of sp³-hybridized carbons (Fsp3) is 0.360. The lowest BCUT2D eigenvalue weighted by Crippen LogP contribution is -2.61. The predicted octanol–water partition coefficient (Wildman–Crippen LogP) is 7.24. The molecule has 0 heterocycles. The number of nitrogens with two attached hydrogens (primary N) is 2. The summed E-state index contributed by atoms with van der Waals surface area (Å²) in [5.41, 5.74) is 11.4. The van der Waals surface area contributed by atoms with E-state index in [9.17, 15) is 24.0 Å². The molecule has 0 spiro atoms. The molecule has 4 aromatic carbocycles. The smallest absolute Gasteiger partial charge is 0.417 e. The first kappa shape index (κ1) is 52.0. The molecule has 66 heavy (non-hydrogen) atoms. The Bertz CT molecular complexity index is 2260. The van der Waals surface area contributed by atoms with Crippen LogP contribution in [0.15, 0.2) is 122 Å². The first-order chi connectivity index (χ1) is 31.2. The maximum atomic E-state index is 15.2. The van der Waals surface area contributed by atoms with E-state index < -0.39 is 70.8 Å². The number of hydrogen-bond donors (Lipinski definition) is 5. The molecule has 15 nitrogen and oxygen atoms in total. The SMILES string of the molecule is C=CCOC(=O)[C@H](Cc1ccc(OC(=O)N([C@@H](CS)C(N)=O)C(c2ccccc2)(c2ccccc2)c2ccccc2C(=O)[C@@H](N)CCCNC(=O)OC(C)(C)C)cc1)NC(=O)OC(C)(C)C. The van der Waals surface area contributed by atoms with E-state index in [0.717, 1.165) is 0 Å². The molecule has 0 aliphatic heterocycles. The summed E-state index contributed by atoms with van der Waals surface area (Å²) >= 11 is 4.54. The number of hydrogen-bond acceptors (Lipinski definition) is 12. The molecule has 4 rings (SSSR count). The zero-order chi connectivity index (χ0) is 48.7. The predicted molar refractivity (Wildman–Crippen MR) is 254 cm³/mol. The summed E-state index contributed by atoms with van der Waals surface area (Å²) in [7, 11) is 0. The number of carbonyl (C=O) groups is 6. The van der Waals surface area contributed by atoms with Crippen LogP contribution in [-0.2, 0) is 35.8 Å². The van der Waals surface area contributed by atoms with Crippen LogP contribution in [-0.4, -0.2) is 89.1 Å². The van der Waals surface area contributed by atoms with Crippen LogP contribution < -0.4 is 26.8 Å². The number of nitrogens with zero attached hydrogens (tertiary/aromatic N) is 1. The fourth-order valence-electron chi connectivity index (χ4n) is 7.18. The van der Waals surface area contributed by atoms with E-state index in [2.05, 4.69) is 29.8 Å². The van der Waals surface area contributed by atoms with Crippen LogP contribution >= 0.6 is 12.6 Å². The molecule has 0 aliphatic carbocycles. The number of primary amides is 1. The van der Waals surface area contributed by atoms with Gasteiger partial charge in [-0.1, -0.05) is 110 Å². The van der Waals surface area contributed by atoms with Gasteiger partial charge in [0.15, 0.2) is 5.78 Å². The quantitative estimate of drug-likeness (QED) is 0.0113. The Morgan fingerprint density at radius 2 is 1.32 bits per heavy atom. The van der Waals surface area contributed by atoms with Crippen molar-refractivity contribution in [2.24, 2.45) is 11.5 Å². The van der Waals surface area contributed by atoms with Gasteiger partial charge in [0.1, 0.15) is 41.2 Å². The van der Waals surface area contributed by atoms with Gasteiger partial charge in [0, 0.05) is 24.3 Å². The number of rotatable bonds is 20. The van der Waals surface area contributed by atoms with Gasteiger partial charge in [0.2, 0.25) is 5.91 Å². The van der Waals surface area contributed by atoms with Crippen LogP contribution in [0, 0.1) is 0 Å². The van der Waals surface area contributed by atoms with Crippen LogP contribution in [0.2, 0.25) is 0 Å². The minimum absolute atomic E-state index is 0.0166. The van der Waals surface area contributed by atoms with E-state index in [-0.39, 0.29) is 43.1 Å². The molecule has 0 aliphatic rings. The van der Waals surface area contributed by atoms with E-state index >= 15 is 4.79 Å². The number of alkyl carbamates (subject to hydrolysis) is 2. The number of ketones is 1. The third kappa shape index (κ3) is 14.2. The highest BCUT2D eigenvalue weighted by atomic mass is 32.1. The standard InChI is InChI=1S/C50H61N5O10S/c1-8-30-62-44(58)40(54-46(60)65-49(5,6)7)31-33-25-27-36(28-26-33)63-47(61)55(41(32-66)43(52)57)50(34-18-11-9-12-19-34,35-20-13-10-14-21-35)38-23-16-15-22-37(38)42(56)39(51)24-17-29-53-45(59)64-48(2,3)4/h8-16,18-23,25-28,39-41,66H,1,17,24,29-32,51H2,2-7H3,(H2,52,57)(H,53,59)(H,54,60)/t39-,40-,41-/m0/s1. The number of nitrogens with one attached hydrogen (secondary N) is 2. The number of amides is 4. The van der Waals surface area contributed by atoms with E-state index in [1.165, 1.54) is 23.1 Å². The number of esters is 1. The zero-order valence-corrected chi connectivity index (χ0v) is 39.2. The summed E-state index contributed by atoms with van der Waals surface area (Å²) in [4.78, 5) is 82.6. The van der Waals surface area contributed by atoms with Gasteiger partial charge in [-0.3, -0.25) is 14.5 Å². The molecule has 4 amide bonds. The van der Waals surface area contributed by atoms with Crippen molar-refractivity contribution in [3.8, 4) is 5.75 Å². The van der Waals surface area contributed by atoms with Crippen LogP contribution in [0.3, 0.4) is 0 Å². The molecular weight excluding hydrogens is 863 g/mol. The maximum Gasteiger partial charge on any atom is 0.417 e. The molecule has 3 atom stereocenters. The van der Waals surface area contributed by atoms with E-state index in [4.69, 9.17) is 30.4 Å². The lowest BCUT2D eigenvalue weighted by atomic mass is 9.72. The van der Waals surface area contributed by atoms with E-state index in [1.807, 2.05) is 0 Å². The van der Waals surface area contributed by atoms with Gasteiger partial charge in [-0.25, -0.2) is 19.2 Å². The van der Waals surface area contributed by atoms with Gasteiger partial charge in [-0.15, -0.1) is 0 Å². The molecule has 0 aromatic heterocycles. The van der Waals surface area contributed by atoms with Crippen molar-refractivity contribution in [3.05, 3.63) is 150 Å². The Kier molecular flexibility index (Phi) is 18.5. The third-order valence-electron chi connectivity index (χ3n) is 9.92. The Labute approximate surface area is 392 Å². The van der Waals surface area contributed by atoms with Crippen molar-refractivity contribution in [2.45, 2.75) is 95.7 Å². The summed E-state index contributed by atoms with van der Waals surface area (Å²) in [5, 5.41) is 5.25. The highest BCUT2D eigenvalue weighted by Gasteiger charge is 2.51. The molecule has 0 unspecified atom stereocenters. The summed E-state index contributed by atoms with van der Waals surface area (Å²) < 4.78 is 22.0. The molecule has 0 fully saturated rings. The Morgan fingerprint density at radius 3 is 1.85 bits per heavy atom. The summed E-state index contributed by atoms with van der Waals surface area (Å²) in [6, 6.07) is 27.0. The number of carbonyl (C=O) groups excluding carboxylic acids is 6. The Hall–Kier alpha value is -6.65. The molecule has 0 saturated heterocycles. The minimum atomic E-state index is -1.79. The minimum Gasteiger partial charge on any atom is -0.460 e. The van der Waals surface area contributed by atoms with Gasteiger partial charge < -0.3 is 41.0 Å². The third-order valence-corrected chi connectivity index (χ3v) is 10.3. The average molecular weight is 924 g/mol. The normalized spacial score (nSPS) is 12.9. The van der Waals surface area contributed by atoms with Crippen LogP contribution in [0.5, 0.6) is 5.75 Å². The molecule has 6 N–H and O–H groups in total. The van der Waals surface area contributed by atoms with Crippen molar-refractivity contribution in [3.63, 3.8) is 0 Å². The molecular formula is C50H61N5O10S. The highest BCUT2D eigenvalue weighted by Crippen LogP contribution is 2.46. The zero-order valence-electron chi connectivity index (χ0n) is 38.3. The van der Waals surface area contributed by atoms with Crippen molar-refractivity contribution >= 4 is 48.6 Å². The van der Waals surface area contributed by atoms with Gasteiger partial charge in [-0.2, -0.15) is 12.6 Å². The number of thiol groups is 1. The largest absolute Gasteiger partial charge is 0.460 e. The van der Waals surface area contributed by atoms with Crippen molar-refractivity contribution in [2.75, 3.05) is 18.9 Å². The highest BCUT2D eigenvalue weighted by molar-refractivity contribution is 7.80. The van der Waals surface area contributed by atoms with Gasteiger partial charge in [-0.05, 0) is 88.8 Å². The first-order valence-electron chi connectivity index (χ1n) is 21.5. The van der Waals surface area contributed by atoms with Crippen molar-refractivity contribution in [1.82, 2.24) is 15.5 Å². The van der Waals surface area contributed by atoms with Crippen LogP contribution in [0.1, 0.15) is 87.0 Å². The topological polar surface area (TPSA) is 219 Å². The number of benzene rings is 4. The second-order valence-corrected chi connectivity index (χ2v) is 17.7. The van der Waals surface area contributed by atoms with Crippen LogP contribution in [0.4, 0.5) is 14.4 Å². The number of Topliss-reactive ketones (excluding diaryl/α,β-unsaturated/α-hetero) is 1. The molecule has 16 heteroatoms.